The molecular weight excluding hydrogens is 234 g/mol. The molecule has 0 N–H and O–H groups in total. The van der Waals surface area contributed by atoms with Crippen molar-refractivity contribution in [1.82, 2.24) is 0 Å². The Hall–Kier alpha value is -1.44. The Morgan fingerprint density at radius 3 is 2.84 bits per heavy atom. The van der Waals surface area contributed by atoms with Crippen LogP contribution < -0.4 is 0 Å². The maximum atomic E-state index is 11.4. The van der Waals surface area contributed by atoms with Gasteiger partial charge in [-0.3, -0.25) is 4.79 Å². The molecule has 1 aromatic rings. The van der Waals surface area contributed by atoms with Crippen LogP contribution in [0.25, 0.3) is 0 Å². The lowest BCUT2D eigenvalue weighted by atomic mass is 9.64. The highest BCUT2D eigenvalue weighted by atomic mass is 16.1. The van der Waals surface area contributed by atoms with Gasteiger partial charge >= 0.3 is 0 Å². The third kappa shape index (κ3) is 1.94. The molecule has 2 atom stereocenters. The normalized spacial score (nSPS) is 31.7. The van der Waals surface area contributed by atoms with Crippen molar-refractivity contribution in [3.05, 3.63) is 35.4 Å². The number of benzene rings is 1. The summed E-state index contributed by atoms with van der Waals surface area (Å²) in [6.45, 7) is 3.91. The van der Waals surface area contributed by atoms with Gasteiger partial charge in [0.25, 0.3) is 0 Å². The smallest absolute Gasteiger partial charge is 0.242 e. The SMILES string of the molecule is CC(=O)N=C1CC2(CCCCC2C)c2ccccc21. The number of hydrogen-bond acceptors (Lipinski definition) is 1. The van der Waals surface area contributed by atoms with E-state index in [2.05, 4.69) is 36.2 Å². The number of carbonyl (C=O) groups excluding carboxylic acids is 1. The number of aliphatic imine (C=N–C) groups is 1. The second kappa shape index (κ2) is 4.59. The molecule has 0 aliphatic heterocycles. The van der Waals surface area contributed by atoms with E-state index in [1.807, 2.05) is 0 Å². The van der Waals surface area contributed by atoms with Gasteiger partial charge in [-0.25, -0.2) is 4.99 Å². The summed E-state index contributed by atoms with van der Waals surface area (Å²) in [7, 11) is 0. The Morgan fingerprint density at radius 2 is 2.11 bits per heavy atom. The van der Waals surface area contributed by atoms with E-state index >= 15 is 0 Å². The van der Waals surface area contributed by atoms with E-state index in [9.17, 15) is 4.79 Å². The molecule has 1 aromatic carbocycles. The third-order valence-corrected chi connectivity index (χ3v) is 5.00. The van der Waals surface area contributed by atoms with Gasteiger partial charge in [0, 0.05) is 18.8 Å². The first-order chi connectivity index (χ1) is 9.13. The molecule has 1 spiro atoms. The van der Waals surface area contributed by atoms with E-state index in [0.29, 0.717) is 5.92 Å². The van der Waals surface area contributed by atoms with Crippen LogP contribution in [0.3, 0.4) is 0 Å². The summed E-state index contributed by atoms with van der Waals surface area (Å²) in [4.78, 5) is 15.7. The van der Waals surface area contributed by atoms with Crippen LogP contribution in [0, 0.1) is 5.92 Å². The van der Waals surface area contributed by atoms with Crippen molar-refractivity contribution >= 4 is 11.6 Å². The Morgan fingerprint density at radius 1 is 1.32 bits per heavy atom. The molecule has 19 heavy (non-hydrogen) atoms. The van der Waals surface area contributed by atoms with Crippen LogP contribution in [0.1, 0.15) is 57.1 Å². The number of amides is 1. The fourth-order valence-corrected chi connectivity index (χ4v) is 4.02. The zero-order chi connectivity index (χ0) is 13.5. The zero-order valence-corrected chi connectivity index (χ0v) is 11.8. The van der Waals surface area contributed by atoms with E-state index in [4.69, 9.17) is 0 Å². The summed E-state index contributed by atoms with van der Waals surface area (Å²) < 4.78 is 0. The van der Waals surface area contributed by atoms with Crippen LogP contribution in [-0.2, 0) is 10.2 Å². The van der Waals surface area contributed by atoms with E-state index in [-0.39, 0.29) is 11.3 Å². The first kappa shape index (κ1) is 12.6. The zero-order valence-electron chi connectivity index (χ0n) is 11.8. The highest BCUT2D eigenvalue weighted by molar-refractivity contribution is 6.10. The lowest BCUT2D eigenvalue weighted by Crippen LogP contribution is -2.34. The Balaban J connectivity index is 2.13. The maximum Gasteiger partial charge on any atom is 0.242 e. The van der Waals surface area contributed by atoms with E-state index in [1.54, 1.807) is 6.92 Å². The molecule has 0 saturated heterocycles. The fraction of sp³-hybridized carbons (Fsp3) is 0.529. The topological polar surface area (TPSA) is 29.4 Å². The van der Waals surface area contributed by atoms with Crippen molar-refractivity contribution in [1.29, 1.82) is 0 Å². The van der Waals surface area contributed by atoms with Gasteiger partial charge in [0.05, 0.1) is 5.71 Å². The first-order valence-corrected chi connectivity index (χ1v) is 7.31. The summed E-state index contributed by atoms with van der Waals surface area (Å²) in [5.41, 5.74) is 3.90. The molecule has 2 aliphatic carbocycles. The van der Waals surface area contributed by atoms with E-state index in [0.717, 1.165) is 12.1 Å². The van der Waals surface area contributed by atoms with Crippen LogP contribution in [0.15, 0.2) is 29.3 Å². The van der Waals surface area contributed by atoms with Gasteiger partial charge in [0.1, 0.15) is 0 Å². The molecule has 100 valence electrons. The second-order valence-corrected chi connectivity index (χ2v) is 6.10. The molecule has 1 amide bonds. The van der Waals surface area contributed by atoms with Gasteiger partial charge in [0.15, 0.2) is 0 Å². The number of rotatable bonds is 0. The van der Waals surface area contributed by atoms with Crippen LogP contribution in [0.4, 0.5) is 0 Å². The van der Waals surface area contributed by atoms with Crippen LogP contribution in [0.5, 0.6) is 0 Å². The van der Waals surface area contributed by atoms with E-state index < -0.39 is 0 Å². The number of nitrogens with zero attached hydrogens (tertiary/aromatic N) is 1. The van der Waals surface area contributed by atoms with Crippen molar-refractivity contribution in [2.45, 2.75) is 51.4 Å². The minimum atomic E-state index is -0.0784. The quantitative estimate of drug-likeness (QED) is 0.692. The lowest BCUT2D eigenvalue weighted by Gasteiger charge is -2.40. The minimum absolute atomic E-state index is 0.0784. The molecule has 2 heteroatoms. The lowest BCUT2D eigenvalue weighted by molar-refractivity contribution is -0.115. The molecule has 2 aliphatic rings. The number of fused-ring (bicyclic) bond motifs is 2. The van der Waals surface area contributed by atoms with Gasteiger partial charge < -0.3 is 0 Å². The van der Waals surface area contributed by atoms with Crippen LogP contribution in [-0.4, -0.2) is 11.6 Å². The summed E-state index contributed by atoms with van der Waals surface area (Å²) >= 11 is 0. The third-order valence-electron chi connectivity index (χ3n) is 5.00. The fourth-order valence-electron chi connectivity index (χ4n) is 4.02. The summed E-state index contributed by atoms with van der Waals surface area (Å²) in [5, 5.41) is 0. The van der Waals surface area contributed by atoms with Gasteiger partial charge in [-0.05, 0) is 29.9 Å². The predicted octanol–water partition coefficient (Wildman–Crippen LogP) is 3.87. The van der Waals surface area contributed by atoms with Gasteiger partial charge in [-0.15, -0.1) is 0 Å². The van der Waals surface area contributed by atoms with Gasteiger partial charge in [0.2, 0.25) is 5.91 Å². The van der Waals surface area contributed by atoms with Crippen molar-refractivity contribution in [2.24, 2.45) is 10.9 Å². The first-order valence-electron chi connectivity index (χ1n) is 7.31. The molecule has 0 aromatic heterocycles. The highest BCUT2D eigenvalue weighted by Crippen LogP contribution is 2.51. The van der Waals surface area contributed by atoms with Crippen molar-refractivity contribution in [3.63, 3.8) is 0 Å². The largest absolute Gasteiger partial charge is 0.273 e. The number of hydrogen-bond donors (Lipinski definition) is 0. The van der Waals surface area contributed by atoms with E-state index in [1.165, 1.54) is 36.8 Å². The van der Waals surface area contributed by atoms with Crippen molar-refractivity contribution < 1.29 is 4.79 Å². The van der Waals surface area contributed by atoms with Crippen LogP contribution in [0.2, 0.25) is 0 Å². The van der Waals surface area contributed by atoms with Gasteiger partial charge in [-0.1, -0.05) is 44.0 Å². The molecule has 3 rings (SSSR count). The average molecular weight is 255 g/mol. The maximum absolute atomic E-state index is 11.4. The van der Waals surface area contributed by atoms with Gasteiger partial charge in [-0.2, -0.15) is 0 Å². The van der Waals surface area contributed by atoms with Crippen molar-refractivity contribution in [2.75, 3.05) is 0 Å². The molecule has 1 saturated carbocycles. The minimum Gasteiger partial charge on any atom is -0.273 e. The standard InChI is InChI=1S/C17H21NO/c1-12-7-5-6-10-17(12)11-16(18-13(2)19)14-8-3-4-9-15(14)17/h3-4,8-9,12H,5-7,10-11H2,1-2H3. The summed E-state index contributed by atoms with van der Waals surface area (Å²) in [6, 6.07) is 8.56. The molecule has 1 fully saturated rings. The molecule has 2 unspecified atom stereocenters. The molecular formula is C17H21NO. The molecule has 0 heterocycles. The second-order valence-electron chi connectivity index (χ2n) is 6.10. The molecule has 0 bridgehead atoms. The number of carbonyl (C=O) groups is 1. The Bertz CT molecular complexity index is 546. The summed E-state index contributed by atoms with van der Waals surface area (Å²) in [5.74, 6) is 0.604. The average Bonchev–Trinajstić information content (AvgIpc) is 2.69. The summed E-state index contributed by atoms with van der Waals surface area (Å²) in [6.07, 6.45) is 6.12. The highest BCUT2D eigenvalue weighted by Gasteiger charge is 2.46. The monoisotopic (exact) mass is 255 g/mol. The predicted molar refractivity (Wildman–Crippen MR) is 77.6 cm³/mol. The van der Waals surface area contributed by atoms with Crippen molar-refractivity contribution in [3.8, 4) is 0 Å². The van der Waals surface area contributed by atoms with Crippen LogP contribution >= 0.6 is 0 Å². The Labute approximate surface area is 114 Å². The molecule has 2 nitrogen and oxygen atoms in total. The Kier molecular flexibility index (Phi) is 3.04. The molecule has 0 radical (unpaired) electrons.